The van der Waals surface area contributed by atoms with E-state index < -0.39 is 17.8 Å². The minimum Gasteiger partial charge on any atom is -0.462 e. The molecule has 0 atom stereocenters. The number of nitrogens with one attached hydrogen (secondary N) is 1. The number of carbonyl (C=O) groups is 3. The van der Waals surface area contributed by atoms with Crippen LogP contribution in [0.25, 0.3) is 11.0 Å². The number of amides is 1. The second-order valence-corrected chi connectivity index (χ2v) is 7.83. The number of esters is 2. The minimum atomic E-state index is -0.731. The first kappa shape index (κ1) is 23.2. The number of hydrogen-bond acceptors (Lipinski definition) is 8. The van der Waals surface area contributed by atoms with Crippen LogP contribution in [0.2, 0.25) is 0 Å². The molecule has 2 aromatic heterocycles. The van der Waals surface area contributed by atoms with Crippen LogP contribution in [0.4, 0.5) is 5.00 Å². The number of anilines is 1. The van der Waals surface area contributed by atoms with E-state index in [4.69, 9.17) is 13.9 Å². The highest BCUT2D eigenvalue weighted by molar-refractivity contribution is 7.18. The molecule has 0 unspecified atom stereocenters. The molecule has 1 aromatic carbocycles. The van der Waals surface area contributed by atoms with Gasteiger partial charge in [0, 0.05) is 6.07 Å². The van der Waals surface area contributed by atoms with E-state index in [9.17, 15) is 19.2 Å². The molecule has 0 saturated heterocycles. The zero-order chi connectivity index (χ0) is 23.4. The zero-order valence-electron chi connectivity index (χ0n) is 18.2. The highest BCUT2D eigenvalue weighted by atomic mass is 32.1. The smallest absolute Gasteiger partial charge is 0.348 e. The second kappa shape index (κ2) is 9.78. The number of aryl methyl sites for hydroxylation is 1. The van der Waals surface area contributed by atoms with E-state index in [-0.39, 0.29) is 45.4 Å². The molecule has 0 aliphatic heterocycles. The molecule has 0 bridgehead atoms. The Balaban J connectivity index is 2.01. The summed E-state index contributed by atoms with van der Waals surface area (Å²) in [5.74, 6) is -2.24. The maximum absolute atomic E-state index is 12.9. The Bertz CT molecular complexity index is 1260. The monoisotopic (exact) mass is 457 g/mol. The first-order valence-corrected chi connectivity index (χ1v) is 11.0. The Morgan fingerprint density at radius 1 is 1.03 bits per heavy atom. The molecule has 9 heteroatoms. The third kappa shape index (κ3) is 4.57. The van der Waals surface area contributed by atoms with Crippen molar-refractivity contribution in [3.63, 3.8) is 0 Å². The SMILES string of the molecule is CCOC(=O)c1sc(NC(=O)c2cc(=O)c3cc(CC)ccc3o2)c(C(=O)OCC)c1C. The highest BCUT2D eigenvalue weighted by Gasteiger charge is 2.28. The molecule has 168 valence electrons. The van der Waals surface area contributed by atoms with E-state index in [0.29, 0.717) is 10.9 Å². The lowest BCUT2D eigenvalue weighted by Crippen LogP contribution is -2.17. The molecule has 2 heterocycles. The number of carbonyl (C=O) groups excluding carboxylic acids is 3. The molecule has 0 aliphatic rings. The van der Waals surface area contributed by atoms with Crippen molar-refractivity contribution in [1.29, 1.82) is 0 Å². The average Bonchev–Trinajstić information content (AvgIpc) is 3.09. The summed E-state index contributed by atoms with van der Waals surface area (Å²) in [6.45, 7) is 7.15. The van der Waals surface area contributed by atoms with Crippen molar-refractivity contribution >= 4 is 45.2 Å². The van der Waals surface area contributed by atoms with Crippen LogP contribution in [0.15, 0.2) is 33.5 Å². The number of rotatable bonds is 7. The standard InChI is InChI=1S/C23H23NO7S/c1-5-13-8-9-16-14(10-13)15(25)11-17(31-16)20(26)24-21-18(22(27)29-6-2)12(4)19(32-21)23(28)30-7-3/h8-11H,5-7H2,1-4H3,(H,24,26). The van der Waals surface area contributed by atoms with Gasteiger partial charge in [-0.2, -0.15) is 0 Å². The van der Waals surface area contributed by atoms with Gasteiger partial charge in [-0.05, 0) is 50.5 Å². The van der Waals surface area contributed by atoms with E-state index in [1.807, 2.05) is 13.0 Å². The molecule has 3 rings (SSSR count). The third-order valence-electron chi connectivity index (χ3n) is 4.74. The van der Waals surface area contributed by atoms with Crippen LogP contribution in [-0.4, -0.2) is 31.1 Å². The summed E-state index contributed by atoms with van der Waals surface area (Å²) < 4.78 is 15.7. The maximum atomic E-state index is 12.9. The van der Waals surface area contributed by atoms with Crippen LogP contribution in [0.3, 0.4) is 0 Å². The van der Waals surface area contributed by atoms with E-state index in [1.54, 1.807) is 32.9 Å². The quantitative estimate of drug-likeness (QED) is 0.526. The van der Waals surface area contributed by atoms with Gasteiger partial charge in [0.05, 0.1) is 24.2 Å². The topological polar surface area (TPSA) is 112 Å². The van der Waals surface area contributed by atoms with E-state index in [1.165, 1.54) is 0 Å². The van der Waals surface area contributed by atoms with Crippen molar-refractivity contribution in [2.24, 2.45) is 0 Å². The van der Waals surface area contributed by atoms with Crippen molar-refractivity contribution in [1.82, 2.24) is 0 Å². The van der Waals surface area contributed by atoms with Gasteiger partial charge >= 0.3 is 11.9 Å². The summed E-state index contributed by atoms with van der Waals surface area (Å²) in [6, 6.07) is 6.30. The van der Waals surface area contributed by atoms with Gasteiger partial charge in [0.2, 0.25) is 0 Å². The Hall–Kier alpha value is -3.46. The van der Waals surface area contributed by atoms with E-state index in [2.05, 4.69) is 5.32 Å². The lowest BCUT2D eigenvalue weighted by atomic mass is 10.1. The molecule has 0 aliphatic carbocycles. The van der Waals surface area contributed by atoms with Gasteiger partial charge in [0.1, 0.15) is 15.5 Å². The van der Waals surface area contributed by atoms with Crippen LogP contribution < -0.4 is 10.7 Å². The van der Waals surface area contributed by atoms with E-state index in [0.717, 1.165) is 29.4 Å². The second-order valence-electron chi connectivity index (χ2n) is 6.81. The van der Waals surface area contributed by atoms with E-state index >= 15 is 0 Å². The number of ether oxygens (including phenoxy) is 2. The maximum Gasteiger partial charge on any atom is 0.348 e. The fourth-order valence-electron chi connectivity index (χ4n) is 3.14. The molecule has 8 nitrogen and oxygen atoms in total. The zero-order valence-corrected chi connectivity index (χ0v) is 19.0. The lowest BCUT2D eigenvalue weighted by molar-refractivity contribution is 0.0527. The van der Waals surface area contributed by atoms with Crippen molar-refractivity contribution < 1.29 is 28.3 Å². The highest BCUT2D eigenvalue weighted by Crippen LogP contribution is 2.34. The first-order valence-electron chi connectivity index (χ1n) is 10.2. The van der Waals surface area contributed by atoms with Gasteiger partial charge in [-0.3, -0.25) is 9.59 Å². The molecule has 1 amide bonds. The van der Waals surface area contributed by atoms with Gasteiger partial charge in [-0.25, -0.2) is 9.59 Å². The van der Waals surface area contributed by atoms with Gasteiger partial charge in [-0.15, -0.1) is 11.3 Å². The number of hydrogen-bond donors (Lipinski definition) is 1. The van der Waals surface area contributed by atoms with Gasteiger partial charge < -0.3 is 19.2 Å². The van der Waals surface area contributed by atoms with Crippen molar-refractivity contribution in [3.05, 3.63) is 61.8 Å². The fourth-order valence-corrected chi connectivity index (χ4v) is 4.23. The Labute approximate surface area is 188 Å². The van der Waals surface area contributed by atoms with Crippen LogP contribution in [0, 0.1) is 6.92 Å². The summed E-state index contributed by atoms with van der Waals surface area (Å²) in [4.78, 5) is 50.4. The molecule has 0 saturated carbocycles. The number of fused-ring (bicyclic) bond motifs is 1. The molecule has 0 radical (unpaired) electrons. The molecule has 0 spiro atoms. The van der Waals surface area contributed by atoms with Crippen LogP contribution in [0.1, 0.15) is 62.5 Å². The first-order chi connectivity index (χ1) is 15.3. The summed E-state index contributed by atoms with van der Waals surface area (Å²) in [7, 11) is 0. The molecular weight excluding hydrogens is 434 g/mol. The number of benzene rings is 1. The normalized spacial score (nSPS) is 10.8. The van der Waals surface area contributed by atoms with Crippen molar-refractivity contribution in [3.8, 4) is 0 Å². The Morgan fingerprint density at radius 2 is 1.72 bits per heavy atom. The molecule has 3 aromatic rings. The summed E-state index contributed by atoms with van der Waals surface area (Å²) in [6.07, 6.45) is 0.759. The third-order valence-corrected chi connectivity index (χ3v) is 5.93. The Kier molecular flexibility index (Phi) is 7.09. The van der Waals surface area contributed by atoms with Crippen molar-refractivity contribution in [2.45, 2.75) is 34.1 Å². The summed E-state index contributed by atoms with van der Waals surface area (Å²) in [5.41, 5.74) is 1.30. The molecular formula is C23H23NO7S. The molecule has 0 fully saturated rings. The van der Waals surface area contributed by atoms with Gasteiger partial charge in [0.25, 0.3) is 5.91 Å². The van der Waals surface area contributed by atoms with Crippen LogP contribution >= 0.6 is 11.3 Å². The lowest BCUT2D eigenvalue weighted by Gasteiger charge is -2.07. The van der Waals surface area contributed by atoms with Gasteiger partial charge in [0.15, 0.2) is 11.2 Å². The molecule has 32 heavy (non-hydrogen) atoms. The largest absolute Gasteiger partial charge is 0.462 e. The van der Waals surface area contributed by atoms with Crippen molar-refractivity contribution in [2.75, 3.05) is 18.5 Å². The van der Waals surface area contributed by atoms with Gasteiger partial charge in [-0.1, -0.05) is 13.0 Å². The number of thiophene rings is 1. The predicted molar refractivity (Wildman–Crippen MR) is 121 cm³/mol. The summed E-state index contributed by atoms with van der Waals surface area (Å²) >= 11 is 0.897. The predicted octanol–water partition coefficient (Wildman–Crippen LogP) is 4.33. The van der Waals surface area contributed by atoms with Crippen LogP contribution in [-0.2, 0) is 15.9 Å². The fraction of sp³-hybridized carbons (Fsp3) is 0.304. The minimum absolute atomic E-state index is 0.0592. The summed E-state index contributed by atoms with van der Waals surface area (Å²) in [5, 5.41) is 3.07. The average molecular weight is 458 g/mol. The molecule has 1 N–H and O–H groups in total. The van der Waals surface area contributed by atoms with Crippen LogP contribution in [0.5, 0.6) is 0 Å². The Morgan fingerprint density at radius 3 is 2.38 bits per heavy atom.